The Morgan fingerprint density at radius 3 is 2.21 bits per heavy atom. The van der Waals surface area contributed by atoms with Gasteiger partial charge in [0.25, 0.3) is 0 Å². The summed E-state index contributed by atoms with van der Waals surface area (Å²) in [5.41, 5.74) is 0.944. The first kappa shape index (κ1) is 9.48. The molecule has 76 valence electrons. The smallest absolute Gasteiger partial charge is 0.238 e. The summed E-state index contributed by atoms with van der Waals surface area (Å²) in [6.07, 6.45) is 2.38. The molecule has 1 aromatic carbocycles. The minimum Gasteiger partial charge on any atom is -0.382 e. The molecule has 14 heavy (non-hydrogen) atoms. The Kier molecular flexibility index (Phi) is 2.20. The lowest BCUT2D eigenvalue weighted by atomic mass is 10.3. The molecule has 0 unspecified atom stereocenters. The zero-order chi connectivity index (χ0) is 10.2. The zero-order valence-electron chi connectivity index (χ0n) is 7.60. The highest BCUT2D eigenvalue weighted by molar-refractivity contribution is 7.89. The minimum absolute atomic E-state index is 0.152. The van der Waals surface area contributed by atoms with Gasteiger partial charge < -0.3 is 5.32 Å². The maximum atomic E-state index is 10.9. The van der Waals surface area contributed by atoms with Crippen LogP contribution in [0, 0.1) is 0 Å². The number of nitrogens with one attached hydrogen (secondary N) is 1. The number of hydrogen-bond acceptors (Lipinski definition) is 3. The van der Waals surface area contributed by atoms with Crippen molar-refractivity contribution in [3.8, 4) is 0 Å². The van der Waals surface area contributed by atoms with Gasteiger partial charge in [0, 0.05) is 11.7 Å². The van der Waals surface area contributed by atoms with Gasteiger partial charge in [-0.1, -0.05) is 0 Å². The molecule has 1 fully saturated rings. The van der Waals surface area contributed by atoms with Crippen molar-refractivity contribution < 1.29 is 8.42 Å². The van der Waals surface area contributed by atoms with E-state index in [-0.39, 0.29) is 4.90 Å². The monoisotopic (exact) mass is 212 g/mol. The van der Waals surface area contributed by atoms with Crippen molar-refractivity contribution in [1.82, 2.24) is 0 Å². The third-order valence-electron chi connectivity index (χ3n) is 2.13. The molecule has 0 aliphatic heterocycles. The Bertz CT molecular complexity index is 421. The van der Waals surface area contributed by atoms with Gasteiger partial charge >= 0.3 is 0 Å². The highest BCUT2D eigenvalue weighted by Gasteiger charge is 2.20. The Hall–Kier alpha value is -1.07. The van der Waals surface area contributed by atoms with E-state index in [0.717, 1.165) is 5.69 Å². The minimum atomic E-state index is -3.56. The molecule has 1 aromatic rings. The van der Waals surface area contributed by atoms with Crippen LogP contribution in [0.5, 0.6) is 0 Å². The second kappa shape index (κ2) is 3.25. The molecule has 1 saturated carbocycles. The molecular formula is C9H12N2O2S. The Balaban J connectivity index is 2.16. The third kappa shape index (κ3) is 2.24. The summed E-state index contributed by atoms with van der Waals surface area (Å²) >= 11 is 0. The van der Waals surface area contributed by atoms with Gasteiger partial charge in [-0.25, -0.2) is 13.6 Å². The van der Waals surface area contributed by atoms with E-state index in [1.807, 2.05) is 0 Å². The molecular weight excluding hydrogens is 200 g/mol. The number of benzene rings is 1. The second-order valence-corrected chi connectivity index (χ2v) is 5.05. The van der Waals surface area contributed by atoms with Crippen LogP contribution in [0.3, 0.4) is 0 Å². The summed E-state index contributed by atoms with van der Waals surface area (Å²) in [7, 11) is -3.56. The van der Waals surface area contributed by atoms with Crippen molar-refractivity contribution >= 4 is 15.7 Å². The fourth-order valence-corrected chi connectivity index (χ4v) is 1.72. The molecule has 1 aliphatic rings. The van der Waals surface area contributed by atoms with E-state index in [0.29, 0.717) is 6.04 Å². The maximum absolute atomic E-state index is 10.9. The van der Waals surface area contributed by atoms with Crippen LogP contribution in [-0.2, 0) is 10.0 Å². The van der Waals surface area contributed by atoms with E-state index >= 15 is 0 Å². The molecule has 3 N–H and O–H groups in total. The molecule has 0 radical (unpaired) electrons. The van der Waals surface area contributed by atoms with E-state index in [2.05, 4.69) is 5.32 Å². The standard InChI is InChI=1S/C9H12N2O2S/c10-14(12,13)9-5-3-8(4-6-9)11-7-1-2-7/h3-7,11H,1-2H2,(H2,10,12,13). The SMILES string of the molecule is NS(=O)(=O)c1ccc(NC2CC2)cc1. The molecule has 1 aliphatic carbocycles. The van der Waals surface area contributed by atoms with Gasteiger partial charge in [0.05, 0.1) is 4.90 Å². The number of hydrogen-bond donors (Lipinski definition) is 2. The van der Waals surface area contributed by atoms with E-state index < -0.39 is 10.0 Å². The lowest BCUT2D eigenvalue weighted by Crippen LogP contribution is -2.12. The van der Waals surface area contributed by atoms with Crippen molar-refractivity contribution in [2.75, 3.05) is 5.32 Å². The van der Waals surface area contributed by atoms with Gasteiger partial charge in [0.1, 0.15) is 0 Å². The van der Waals surface area contributed by atoms with E-state index in [9.17, 15) is 8.42 Å². The molecule has 2 rings (SSSR count). The van der Waals surface area contributed by atoms with Crippen LogP contribution in [0.15, 0.2) is 29.2 Å². The van der Waals surface area contributed by atoms with Crippen molar-refractivity contribution in [1.29, 1.82) is 0 Å². The number of anilines is 1. The number of primary sulfonamides is 1. The highest BCUT2D eigenvalue weighted by atomic mass is 32.2. The van der Waals surface area contributed by atoms with Gasteiger partial charge in [0.2, 0.25) is 10.0 Å². The summed E-state index contributed by atoms with van der Waals surface area (Å²) in [5, 5.41) is 8.23. The molecule has 0 atom stereocenters. The van der Waals surface area contributed by atoms with Gasteiger partial charge in [-0.15, -0.1) is 0 Å². The van der Waals surface area contributed by atoms with Crippen LogP contribution in [0.1, 0.15) is 12.8 Å². The molecule has 4 nitrogen and oxygen atoms in total. The third-order valence-corrected chi connectivity index (χ3v) is 3.06. The van der Waals surface area contributed by atoms with E-state index in [4.69, 9.17) is 5.14 Å². The molecule has 0 saturated heterocycles. The Morgan fingerprint density at radius 2 is 1.79 bits per heavy atom. The van der Waals surface area contributed by atoms with Crippen molar-refractivity contribution in [3.05, 3.63) is 24.3 Å². The molecule has 0 amide bonds. The molecule has 5 heteroatoms. The molecule has 0 aromatic heterocycles. The van der Waals surface area contributed by atoms with Crippen molar-refractivity contribution in [2.24, 2.45) is 5.14 Å². The van der Waals surface area contributed by atoms with Gasteiger partial charge in [-0.2, -0.15) is 0 Å². The summed E-state index contributed by atoms with van der Waals surface area (Å²) in [6.45, 7) is 0. The lowest BCUT2D eigenvalue weighted by molar-refractivity contribution is 0.598. The topological polar surface area (TPSA) is 72.2 Å². The Morgan fingerprint density at radius 1 is 1.21 bits per heavy atom. The van der Waals surface area contributed by atoms with Crippen LogP contribution in [0.2, 0.25) is 0 Å². The first-order chi connectivity index (χ1) is 6.55. The van der Waals surface area contributed by atoms with Gasteiger partial charge in [-0.05, 0) is 37.1 Å². The van der Waals surface area contributed by atoms with Crippen molar-refractivity contribution in [2.45, 2.75) is 23.8 Å². The molecule has 0 spiro atoms. The van der Waals surface area contributed by atoms with Crippen LogP contribution < -0.4 is 10.5 Å². The molecule has 0 bridgehead atoms. The summed E-state index contributed by atoms with van der Waals surface area (Å²) in [5.74, 6) is 0. The van der Waals surface area contributed by atoms with Gasteiger partial charge in [0.15, 0.2) is 0 Å². The fraction of sp³-hybridized carbons (Fsp3) is 0.333. The van der Waals surface area contributed by atoms with Crippen molar-refractivity contribution in [3.63, 3.8) is 0 Å². The normalized spacial score (nSPS) is 16.6. The average Bonchev–Trinajstić information content (AvgIpc) is 2.88. The maximum Gasteiger partial charge on any atom is 0.238 e. The predicted octanol–water partition coefficient (Wildman–Crippen LogP) is 0.908. The number of rotatable bonds is 3. The summed E-state index contributed by atoms with van der Waals surface area (Å²) < 4.78 is 21.9. The van der Waals surface area contributed by atoms with Gasteiger partial charge in [-0.3, -0.25) is 0 Å². The summed E-state index contributed by atoms with van der Waals surface area (Å²) in [4.78, 5) is 0.152. The second-order valence-electron chi connectivity index (χ2n) is 3.49. The van der Waals surface area contributed by atoms with Crippen LogP contribution >= 0.6 is 0 Å². The average molecular weight is 212 g/mol. The van der Waals surface area contributed by atoms with Crippen LogP contribution in [0.4, 0.5) is 5.69 Å². The van der Waals surface area contributed by atoms with E-state index in [1.54, 1.807) is 12.1 Å². The first-order valence-corrected chi connectivity index (χ1v) is 6.00. The fourth-order valence-electron chi connectivity index (χ4n) is 1.20. The summed E-state index contributed by atoms with van der Waals surface area (Å²) in [6, 6.07) is 7.06. The first-order valence-electron chi connectivity index (χ1n) is 4.45. The lowest BCUT2D eigenvalue weighted by Gasteiger charge is -2.04. The van der Waals surface area contributed by atoms with Crippen LogP contribution in [0.25, 0.3) is 0 Å². The van der Waals surface area contributed by atoms with E-state index in [1.165, 1.54) is 25.0 Å². The number of sulfonamides is 1. The largest absolute Gasteiger partial charge is 0.382 e. The zero-order valence-corrected chi connectivity index (χ0v) is 8.42. The highest BCUT2D eigenvalue weighted by Crippen LogP contribution is 2.24. The predicted molar refractivity (Wildman–Crippen MR) is 54.5 cm³/mol. The Labute approximate surface area is 83.2 Å². The molecule has 0 heterocycles. The quantitative estimate of drug-likeness (QED) is 0.782. The van der Waals surface area contributed by atoms with Crippen LogP contribution in [-0.4, -0.2) is 14.5 Å². The number of nitrogens with two attached hydrogens (primary N) is 1.